The lowest BCUT2D eigenvalue weighted by atomic mass is 9.72. The smallest absolute Gasteiger partial charge is 0.307 e. The zero-order chi connectivity index (χ0) is 54.9. The van der Waals surface area contributed by atoms with Crippen molar-refractivity contribution in [2.45, 2.75) is 74.8 Å². The molecule has 6 N–H and O–H groups in total. The first-order valence-electron chi connectivity index (χ1n) is 25.5. The molecule has 0 radical (unpaired) electrons. The number of benzene rings is 4. The number of pyridine rings is 2. The van der Waals surface area contributed by atoms with Crippen molar-refractivity contribution in [1.29, 1.82) is 0 Å². The van der Waals surface area contributed by atoms with Crippen LogP contribution in [0.15, 0.2) is 85.2 Å². The molecule has 6 atom stereocenters. The fraction of sp³-hybridized carbons (Fsp3) is 0.379. The largest absolute Gasteiger partial charge is 0.493 e. The molecular weight excluding hydrogens is 1060 g/mol. The van der Waals surface area contributed by atoms with E-state index in [0.29, 0.717) is 74.4 Å². The maximum Gasteiger partial charge on any atom is 0.307 e. The molecule has 12 rings (SSSR count). The van der Waals surface area contributed by atoms with Gasteiger partial charge in [-0.2, -0.15) is 0 Å². The molecule has 4 aromatic carbocycles. The molecule has 2 heterocycles. The molecule has 78 heavy (non-hydrogen) atoms. The van der Waals surface area contributed by atoms with Crippen LogP contribution in [-0.2, 0) is 35.6 Å². The topological polar surface area (TPSA) is 218 Å². The van der Waals surface area contributed by atoms with Gasteiger partial charge >= 0.3 is 11.9 Å². The van der Waals surface area contributed by atoms with Crippen LogP contribution in [0, 0.1) is 58.8 Å². The number of carbonyl (C=O) groups is 2. The molecule has 0 spiro atoms. The van der Waals surface area contributed by atoms with Gasteiger partial charge < -0.3 is 49.6 Å². The lowest BCUT2D eigenvalue weighted by molar-refractivity contribution is -0.140. The minimum atomic E-state index is -1.03. The van der Waals surface area contributed by atoms with E-state index in [4.69, 9.17) is 52.4 Å². The lowest BCUT2D eigenvalue weighted by Gasteiger charge is -2.42. The second kappa shape index (κ2) is 20.9. The van der Waals surface area contributed by atoms with E-state index in [9.17, 15) is 47.6 Å². The summed E-state index contributed by atoms with van der Waals surface area (Å²) in [7, 11) is 0. The van der Waals surface area contributed by atoms with Crippen LogP contribution < -0.4 is 18.9 Å². The number of hydrogen-bond acceptors (Lipinski definition) is 12. The summed E-state index contributed by atoms with van der Waals surface area (Å²) in [6, 6.07) is 17.4. The maximum atomic E-state index is 14.8. The number of fused-ring (bicyclic) bond motifs is 6. The van der Waals surface area contributed by atoms with Crippen LogP contribution in [0.3, 0.4) is 0 Å². The molecule has 4 fully saturated rings. The van der Waals surface area contributed by atoms with Crippen LogP contribution >= 0.6 is 23.2 Å². The Morgan fingerprint density at radius 1 is 0.551 bits per heavy atom. The van der Waals surface area contributed by atoms with Gasteiger partial charge in [-0.3, -0.25) is 9.59 Å². The number of hydrogen-bond donors (Lipinski definition) is 6. The zero-order valence-corrected chi connectivity index (χ0v) is 43.0. The SMILES string of the molecule is O=C(O)[C@H]1[C@@H]2Cc3cc(OCc4cc(-c5ccc(OCC6CC(O)(CO)C6)cc5Cl)c(F)cc4F)ncc3[C@@H]21.O=C(O)[C@H]1[C@@H]2Cc3cc(OCc4cc(-c5ccc(OCC6CC(O)(CO)C6)cc5Cl)c(F)cc4F)ncc3[C@@H]21. The van der Waals surface area contributed by atoms with Gasteiger partial charge in [-0.05, 0) is 133 Å². The minimum Gasteiger partial charge on any atom is -0.493 e. The van der Waals surface area contributed by atoms with Gasteiger partial charge in [-0.1, -0.05) is 23.2 Å². The van der Waals surface area contributed by atoms with Crippen molar-refractivity contribution >= 4 is 35.1 Å². The third-order valence-corrected chi connectivity index (χ3v) is 16.9. The summed E-state index contributed by atoms with van der Waals surface area (Å²) >= 11 is 12.9. The summed E-state index contributed by atoms with van der Waals surface area (Å²) in [5.41, 5.74) is 2.98. The Hall–Kier alpha value is -6.54. The van der Waals surface area contributed by atoms with E-state index >= 15 is 0 Å². The van der Waals surface area contributed by atoms with Gasteiger partial charge in [0, 0.05) is 81.9 Å². The Bertz CT molecular complexity index is 3140. The van der Waals surface area contributed by atoms with Gasteiger partial charge in [0.2, 0.25) is 11.8 Å². The van der Waals surface area contributed by atoms with Crippen LogP contribution in [0.4, 0.5) is 17.6 Å². The predicted molar refractivity (Wildman–Crippen MR) is 273 cm³/mol. The van der Waals surface area contributed by atoms with Gasteiger partial charge in [0.05, 0.1) is 59.5 Å². The van der Waals surface area contributed by atoms with Crippen molar-refractivity contribution < 1.29 is 76.7 Å². The summed E-state index contributed by atoms with van der Waals surface area (Å²) in [6.45, 7) is -0.225. The van der Waals surface area contributed by atoms with E-state index in [-0.39, 0.29) is 118 Å². The van der Waals surface area contributed by atoms with E-state index in [0.717, 1.165) is 34.4 Å². The number of carboxylic acid groups (broad SMARTS) is 2. The molecular formula is C58H52Cl2F4N2O12. The highest BCUT2D eigenvalue weighted by Gasteiger charge is 2.61. The fourth-order valence-electron chi connectivity index (χ4n) is 12.1. The molecule has 408 valence electrons. The number of ether oxygens (including phenoxy) is 4. The van der Waals surface area contributed by atoms with Gasteiger partial charge in [-0.25, -0.2) is 27.5 Å². The van der Waals surface area contributed by atoms with Crippen molar-refractivity contribution in [1.82, 2.24) is 9.97 Å². The van der Waals surface area contributed by atoms with Gasteiger partial charge in [0.1, 0.15) is 48.0 Å². The number of rotatable bonds is 18. The van der Waals surface area contributed by atoms with Gasteiger partial charge in [0.15, 0.2) is 0 Å². The number of nitrogens with zero attached hydrogens (tertiary/aromatic N) is 2. The molecule has 0 bridgehead atoms. The van der Waals surface area contributed by atoms with Gasteiger partial charge in [0.25, 0.3) is 0 Å². The first-order valence-corrected chi connectivity index (χ1v) is 26.2. The normalized spacial score (nSPS) is 26.4. The second-order valence-corrected chi connectivity index (χ2v) is 22.4. The Kier molecular flexibility index (Phi) is 14.3. The highest BCUT2D eigenvalue weighted by atomic mass is 35.5. The Morgan fingerprint density at radius 2 is 0.949 bits per heavy atom. The van der Waals surface area contributed by atoms with Crippen molar-refractivity contribution in [2.24, 2.45) is 35.5 Å². The highest BCUT2D eigenvalue weighted by Crippen LogP contribution is 2.62. The van der Waals surface area contributed by atoms with Crippen molar-refractivity contribution in [3.8, 4) is 45.5 Å². The molecule has 6 aromatic rings. The van der Waals surface area contributed by atoms with E-state index in [1.54, 1.807) is 60.9 Å². The third kappa shape index (κ3) is 10.6. The number of aliphatic carboxylic acids is 2. The number of aliphatic hydroxyl groups excluding tert-OH is 2. The van der Waals surface area contributed by atoms with Crippen molar-refractivity contribution in [2.75, 3.05) is 26.4 Å². The van der Waals surface area contributed by atoms with Crippen molar-refractivity contribution in [3.63, 3.8) is 0 Å². The molecule has 0 aliphatic heterocycles. The average Bonchev–Trinajstić information content (AvgIpc) is 4.20. The number of aliphatic hydroxyl groups is 4. The van der Waals surface area contributed by atoms with Crippen LogP contribution in [0.25, 0.3) is 22.3 Å². The summed E-state index contributed by atoms with van der Waals surface area (Å²) in [5, 5.41) is 57.1. The number of halogens is 6. The summed E-state index contributed by atoms with van der Waals surface area (Å²) in [5.74, 6) is -3.37. The van der Waals surface area contributed by atoms with Crippen LogP contribution in [-0.4, -0.2) is 90.2 Å². The molecule has 14 nitrogen and oxygen atoms in total. The Balaban J connectivity index is 0.000000165. The number of carboxylic acids is 2. The molecule has 2 aromatic heterocycles. The fourth-order valence-corrected chi connectivity index (χ4v) is 12.6. The zero-order valence-electron chi connectivity index (χ0n) is 41.5. The highest BCUT2D eigenvalue weighted by molar-refractivity contribution is 6.34. The molecule has 0 amide bonds. The Morgan fingerprint density at radius 3 is 1.31 bits per heavy atom. The summed E-state index contributed by atoms with van der Waals surface area (Å²) < 4.78 is 81.8. The average molecular weight is 1120 g/mol. The molecule has 4 saturated carbocycles. The number of aromatic nitrogens is 2. The molecule has 6 aliphatic rings. The maximum absolute atomic E-state index is 14.8. The summed E-state index contributed by atoms with van der Waals surface area (Å²) in [6.07, 6.45) is 6.37. The van der Waals surface area contributed by atoms with Crippen molar-refractivity contribution in [3.05, 3.63) is 152 Å². The van der Waals surface area contributed by atoms with E-state index < -0.39 is 46.4 Å². The van der Waals surface area contributed by atoms with E-state index in [1.165, 1.54) is 12.1 Å². The molecule has 6 aliphatic carbocycles. The summed E-state index contributed by atoms with van der Waals surface area (Å²) in [4.78, 5) is 31.1. The Labute approximate surface area is 454 Å². The van der Waals surface area contributed by atoms with Crippen LogP contribution in [0.5, 0.6) is 23.3 Å². The lowest BCUT2D eigenvalue weighted by Crippen LogP contribution is -2.48. The molecule has 0 saturated heterocycles. The third-order valence-electron chi connectivity index (χ3n) is 16.3. The first-order chi connectivity index (χ1) is 37.3. The van der Waals surface area contributed by atoms with Gasteiger partial charge in [-0.15, -0.1) is 0 Å². The first kappa shape index (κ1) is 53.5. The quantitative estimate of drug-likeness (QED) is 0.0442. The van der Waals surface area contributed by atoms with Crippen LogP contribution in [0.2, 0.25) is 10.0 Å². The van der Waals surface area contributed by atoms with E-state index in [2.05, 4.69) is 9.97 Å². The van der Waals surface area contributed by atoms with E-state index in [1.807, 2.05) is 0 Å². The standard InChI is InChI=1S/2C29H26ClF2NO6/c2*30-22-6-17(38-11-14-8-29(37,9-14)13-34)1-2-18(22)19-4-16(23(31)7-24(19)32)12-39-25-5-15-3-20-26(21(15)10-33-25)27(20)28(35)36/h2*1-2,4-7,10,14,20,26-27,34,37H,3,8-9,11-13H2,(H,35,36)/t2*14?,20-,26-,27+,29?/m11/s1. The second-order valence-electron chi connectivity index (χ2n) is 21.6. The monoisotopic (exact) mass is 1110 g/mol. The predicted octanol–water partition coefficient (Wildman–Crippen LogP) is 9.48. The van der Waals surface area contributed by atoms with Crippen LogP contribution in [0.1, 0.15) is 70.9 Å². The minimum absolute atomic E-state index is 0.00200. The molecule has 20 heteroatoms. The molecule has 0 unspecified atom stereocenters.